The average Bonchev–Trinajstić information content (AvgIpc) is 2.55. The van der Waals surface area contributed by atoms with Gasteiger partial charge in [-0.2, -0.15) is 0 Å². The van der Waals surface area contributed by atoms with Crippen LogP contribution in [0.2, 0.25) is 0 Å². The van der Waals surface area contributed by atoms with E-state index in [0.717, 1.165) is 5.69 Å². The molecular formula is C17H19N3O3. The number of nitrogens with zero attached hydrogens (tertiary/aromatic N) is 1. The minimum absolute atomic E-state index is 0.266. The highest BCUT2D eigenvalue weighted by atomic mass is 16.6. The largest absolute Gasteiger partial charge is 0.486 e. The van der Waals surface area contributed by atoms with Gasteiger partial charge in [-0.15, -0.1) is 0 Å². The maximum atomic E-state index is 12.2. The van der Waals surface area contributed by atoms with E-state index in [0.29, 0.717) is 42.1 Å². The fourth-order valence-corrected chi connectivity index (χ4v) is 2.26. The number of nitrogens with one attached hydrogen (secondary N) is 2. The molecule has 0 saturated carbocycles. The number of anilines is 2. The lowest BCUT2D eigenvalue weighted by Gasteiger charge is -2.19. The Hall–Kier alpha value is -2.76. The fraction of sp³-hybridized carbons (Fsp3) is 0.294. The van der Waals surface area contributed by atoms with Gasteiger partial charge in [0.1, 0.15) is 18.9 Å². The molecule has 0 radical (unpaired) electrons. The van der Waals surface area contributed by atoms with Crippen LogP contribution in [0.4, 0.5) is 11.4 Å². The molecule has 1 aliphatic heterocycles. The summed E-state index contributed by atoms with van der Waals surface area (Å²) in [6.07, 6.45) is 1.65. The topological polar surface area (TPSA) is 72.5 Å². The van der Waals surface area contributed by atoms with Crippen LogP contribution < -0.4 is 20.1 Å². The third-order valence-corrected chi connectivity index (χ3v) is 3.25. The molecule has 0 unspecified atom stereocenters. The van der Waals surface area contributed by atoms with E-state index in [4.69, 9.17) is 9.47 Å². The number of hydrogen-bond donors (Lipinski definition) is 2. The molecule has 23 heavy (non-hydrogen) atoms. The summed E-state index contributed by atoms with van der Waals surface area (Å²) in [5.74, 6) is 1.06. The molecule has 0 bridgehead atoms. The number of benzene rings is 1. The van der Waals surface area contributed by atoms with Crippen molar-refractivity contribution in [1.29, 1.82) is 0 Å². The number of ether oxygens (including phenoxy) is 2. The number of rotatable bonds is 4. The normalized spacial score (nSPS) is 12.8. The van der Waals surface area contributed by atoms with E-state index >= 15 is 0 Å². The van der Waals surface area contributed by atoms with Crippen molar-refractivity contribution in [2.45, 2.75) is 19.9 Å². The SMILES string of the molecule is CC(C)Nc1ccc(C(=O)Nc2ccc3c(c2)OCCO3)nc1. The van der Waals surface area contributed by atoms with Gasteiger partial charge in [-0.3, -0.25) is 4.79 Å². The Balaban J connectivity index is 1.69. The van der Waals surface area contributed by atoms with E-state index in [1.165, 1.54) is 0 Å². The van der Waals surface area contributed by atoms with E-state index in [-0.39, 0.29) is 5.91 Å². The molecule has 1 amide bonds. The molecule has 1 aromatic carbocycles. The van der Waals surface area contributed by atoms with Gasteiger partial charge in [0.25, 0.3) is 5.91 Å². The number of hydrogen-bond acceptors (Lipinski definition) is 5. The number of carbonyl (C=O) groups is 1. The van der Waals surface area contributed by atoms with Crippen molar-refractivity contribution < 1.29 is 14.3 Å². The number of pyridine rings is 1. The van der Waals surface area contributed by atoms with Crippen LogP contribution in [-0.4, -0.2) is 30.1 Å². The number of fused-ring (bicyclic) bond motifs is 1. The predicted molar refractivity (Wildman–Crippen MR) is 88.4 cm³/mol. The molecule has 0 aliphatic carbocycles. The van der Waals surface area contributed by atoms with Crippen molar-refractivity contribution in [3.05, 3.63) is 42.2 Å². The van der Waals surface area contributed by atoms with Crippen LogP contribution in [0.3, 0.4) is 0 Å². The van der Waals surface area contributed by atoms with Gasteiger partial charge in [-0.25, -0.2) is 4.98 Å². The third-order valence-electron chi connectivity index (χ3n) is 3.25. The Kier molecular flexibility index (Phi) is 4.32. The number of aromatic nitrogens is 1. The van der Waals surface area contributed by atoms with Crippen LogP contribution in [0, 0.1) is 0 Å². The van der Waals surface area contributed by atoms with Crippen LogP contribution in [-0.2, 0) is 0 Å². The van der Waals surface area contributed by atoms with Crippen molar-refractivity contribution in [2.75, 3.05) is 23.8 Å². The second kappa shape index (κ2) is 6.56. The molecule has 0 atom stereocenters. The first-order valence-electron chi connectivity index (χ1n) is 7.55. The van der Waals surface area contributed by atoms with E-state index < -0.39 is 0 Å². The van der Waals surface area contributed by atoms with Gasteiger partial charge in [0, 0.05) is 17.8 Å². The smallest absolute Gasteiger partial charge is 0.274 e. The summed E-state index contributed by atoms with van der Waals surface area (Å²) < 4.78 is 11.0. The fourth-order valence-electron chi connectivity index (χ4n) is 2.26. The van der Waals surface area contributed by atoms with Crippen LogP contribution >= 0.6 is 0 Å². The van der Waals surface area contributed by atoms with E-state index in [1.54, 1.807) is 30.5 Å². The quantitative estimate of drug-likeness (QED) is 0.908. The summed E-state index contributed by atoms with van der Waals surface area (Å²) >= 11 is 0. The molecule has 3 rings (SSSR count). The van der Waals surface area contributed by atoms with Crippen molar-refractivity contribution in [3.8, 4) is 11.5 Å². The Bertz CT molecular complexity index is 699. The van der Waals surface area contributed by atoms with E-state index in [2.05, 4.69) is 15.6 Å². The highest BCUT2D eigenvalue weighted by Gasteiger charge is 2.14. The second-order valence-corrected chi connectivity index (χ2v) is 5.54. The molecule has 6 nitrogen and oxygen atoms in total. The number of amides is 1. The minimum atomic E-state index is -0.266. The van der Waals surface area contributed by atoms with Crippen LogP contribution in [0.15, 0.2) is 36.5 Å². The van der Waals surface area contributed by atoms with E-state index in [1.807, 2.05) is 19.9 Å². The zero-order valence-corrected chi connectivity index (χ0v) is 13.1. The third kappa shape index (κ3) is 3.71. The maximum Gasteiger partial charge on any atom is 0.274 e. The van der Waals surface area contributed by atoms with Gasteiger partial charge in [-0.05, 0) is 38.1 Å². The van der Waals surface area contributed by atoms with Gasteiger partial charge in [0.15, 0.2) is 11.5 Å². The predicted octanol–water partition coefficient (Wildman–Crippen LogP) is 2.93. The highest BCUT2D eigenvalue weighted by molar-refractivity contribution is 6.03. The van der Waals surface area contributed by atoms with Crippen molar-refractivity contribution >= 4 is 17.3 Å². The first-order valence-corrected chi connectivity index (χ1v) is 7.55. The zero-order chi connectivity index (χ0) is 16.2. The molecule has 1 aliphatic rings. The van der Waals surface area contributed by atoms with Gasteiger partial charge < -0.3 is 20.1 Å². The second-order valence-electron chi connectivity index (χ2n) is 5.54. The van der Waals surface area contributed by atoms with Crippen molar-refractivity contribution in [1.82, 2.24) is 4.98 Å². The summed E-state index contributed by atoms with van der Waals surface area (Å²) in [4.78, 5) is 16.4. The van der Waals surface area contributed by atoms with Crippen molar-refractivity contribution in [3.63, 3.8) is 0 Å². The lowest BCUT2D eigenvalue weighted by Crippen LogP contribution is -2.17. The standard InChI is InChI=1S/C17H19N3O3/c1-11(2)19-13-3-5-14(18-10-13)17(21)20-12-4-6-15-16(9-12)23-8-7-22-15/h3-6,9-11,19H,7-8H2,1-2H3,(H,20,21). The van der Waals surface area contributed by atoms with Crippen LogP contribution in [0.25, 0.3) is 0 Å². The monoisotopic (exact) mass is 313 g/mol. The average molecular weight is 313 g/mol. The molecule has 1 aromatic heterocycles. The lowest BCUT2D eigenvalue weighted by molar-refractivity contribution is 0.102. The van der Waals surface area contributed by atoms with Gasteiger partial charge in [0.05, 0.1) is 11.9 Å². The Labute approximate surface area is 134 Å². The zero-order valence-electron chi connectivity index (χ0n) is 13.1. The van der Waals surface area contributed by atoms with Crippen LogP contribution in [0.1, 0.15) is 24.3 Å². The molecule has 2 aromatic rings. The molecule has 6 heteroatoms. The first-order chi connectivity index (χ1) is 11.1. The summed E-state index contributed by atoms with van der Waals surface area (Å²) in [5.41, 5.74) is 1.88. The summed E-state index contributed by atoms with van der Waals surface area (Å²) in [6, 6.07) is 9.16. The summed E-state index contributed by atoms with van der Waals surface area (Å²) in [7, 11) is 0. The molecule has 0 fully saturated rings. The van der Waals surface area contributed by atoms with E-state index in [9.17, 15) is 4.79 Å². The molecular weight excluding hydrogens is 294 g/mol. The first kappa shape index (κ1) is 15.1. The molecule has 0 spiro atoms. The van der Waals surface area contributed by atoms with Crippen LogP contribution in [0.5, 0.6) is 11.5 Å². The molecule has 2 N–H and O–H groups in total. The van der Waals surface area contributed by atoms with Gasteiger partial charge in [-0.1, -0.05) is 0 Å². The lowest BCUT2D eigenvalue weighted by atomic mass is 10.2. The van der Waals surface area contributed by atoms with Gasteiger partial charge >= 0.3 is 0 Å². The van der Waals surface area contributed by atoms with Crippen molar-refractivity contribution in [2.24, 2.45) is 0 Å². The number of carbonyl (C=O) groups excluding carboxylic acids is 1. The Morgan fingerprint density at radius 3 is 2.52 bits per heavy atom. The molecule has 2 heterocycles. The summed E-state index contributed by atoms with van der Waals surface area (Å²) in [5, 5.41) is 6.04. The maximum absolute atomic E-state index is 12.2. The summed E-state index contributed by atoms with van der Waals surface area (Å²) in [6.45, 7) is 5.14. The Morgan fingerprint density at radius 1 is 1.09 bits per heavy atom. The highest BCUT2D eigenvalue weighted by Crippen LogP contribution is 2.32. The Morgan fingerprint density at radius 2 is 1.83 bits per heavy atom. The molecule has 120 valence electrons. The minimum Gasteiger partial charge on any atom is -0.486 e. The molecule has 0 saturated heterocycles. The van der Waals surface area contributed by atoms with Gasteiger partial charge in [0.2, 0.25) is 0 Å².